The third kappa shape index (κ3) is 3.87. The molecule has 8 nitrogen and oxygen atoms in total. The molecule has 1 heterocycles. The van der Waals surface area contributed by atoms with E-state index in [-0.39, 0.29) is 11.3 Å². The number of nitrogens with zero attached hydrogens (tertiary/aromatic N) is 3. The van der Waals surface area contributed by atoms with Gasteiger partial charge in [-0.05, 0) is 35.5 Å². The number of amides is 1. The van der Waals surface area contributed by atoms with Gasteiger partial charge >= 0.3 is 5.97 Å². The van der Waals surface area contributed by atoms with Gasteiger partial charge in [0.1, 0.15) is 0 Å². The van der Waals surface area contributed by atoms with Crippen molar-refractivity contribution in [2.45, 2.75) is 0 Å². The number of hydrogen-bond donors (Lipinski definition) is 1. The average Bonchev–Trinajstić information content (AvgIpc) is 3.01. The number of rotatable bonds is 4. The summed E-state index contributed by atoms with van der Waals surface area (Å²) in [6.07, 6.45) is 1.52. The molecule has 2 aromatic carbocycles. The highest BCUT2D eigenvalue weighted by atomic mass is 32.2. The Hall–Kier alpha value is -3.46. The third-order valence-electron chi connectivity index (χ3n) is 3.77. The molecule has 0 unspecified atom stereocenters. The van der Waals surface area contributed by atoms with Gasteiger partial charge in [-0.3, -0.25) is 14.9 Å². The van der Waals surface area contributed by atoms with Crippen LogP contribution >= 0.6 is 11.8 Å². The zero-order chi connectivity index (χ0) is 19.6. The van der Waals surface area contributed by atoms with E-state index in [1.807, 2.05) is 0 Å². The molecule has 1 aliphatic heterocycles. The molecule has 0 saturated heterocycles. The molecule has 0 bridgehead atoms. The number of carboxylic acids is 1. The van der Waals surface area contributed by atoms with Crippen LogP contribution in [0.5, 0.6) is 0 Å². The molecule has 0 fully saturated rings. The van der Waals surface area contributed by atoms with Gasteiger partial charge in [0.2, 0.25) is 0 Å². The fourth-order valence-corrected chi connectivity index (χ4v) is 3.36. The number of thioether (sulfide) groups is 1. The molecule has 0 aliphatic carbocycles. The van der Waals surface area contributed by atoms with Gasteiger partial charge < -0.3 is 10.0 Å². The van der Waals surface area contributed by atoms with Crippen LogP contribution in [0.25, 0.3) is 6.08 Å². The summed E-state index contributed by atoms with van der Waals surface area (Å²) >= 11 is 1.08. The number of carbonyl (C=O) groups excluding carboxylic acids is 1. The minimum absolute atomic E-state index is 0.0755. The normalized spacial score (nSPS) is 14.9. The van der Waals surface area contributed by atoms with Crippen molar-refractivity contribution in [3.8, 4) is 0 Å². The highest BCUT2D eigenvalue weighted by molar-refractivity contribution is 8.18. The van der Waals surface area contributed by atoms with Crippen molar-refractivity contribution in [2.24, 2.45) is 4.99 Å². The highest BCUT2D eigenvalue weighted by Crippen LogP contribution is 2.33. The molecule has 0 radical (unpaired) electrons. The van der Waals surface area contributed by atoms with Crippen molar-refractivity contribution < 1.29 is 19.6 Å². The van der Waals surface area contributed by atoms with Gasteiger partial charge in [-0.15, -0.1) is 0 Å². The van der Waals surface area contributed by atoms with Crippen LogP contribution in [0.15, 0.2) is 58.4 Å². The Morgan fingerprint density at radius 2 is 2.00 bits per heavy atom. The van der Waals surface area contributed by atoms with E-state index in [2.05, 4.69) is 4.99 Å². The second kappa shape index (κ2) is 7.42. The zero-order valence-electron chi connectivity index (χ0n) is 14.0. The summed E-state index contributed by atoms with van der Waals surface area (Å²) in [6, 6.07) is 12.3. The second-order valence-corrected chi connectivity index (χ2v) is 6.55. The number of non-ortho nitro benzene ring substituents is 1. The molecule has 0 atom stereocenters. The number of aromatic carboxylic acids is 1. The zero-order valence-corrected chi connectivity index (χ0v) is 14.8. The van der Waals surface area contributed by atoms with Crippen molar-refractivity contribution in [3.05, 3.63) is 74.7 Å². The summed E-state index contributed by atoms with van der Waals surface area (Å²) in [5, 5.41) is 20.5. The van der Waals surface area contributed by atoms with E-state index in [0.29, 0.717) is 21.3 Å². The lowest BCUT2D eigenvalue weighted by Crippen LogP contribution is -2.24. The molecule has 3 rings (SSSR count). The van der Waals surface area contributed by atoms with Crippen LogP contribution in [0.3, 0.4) is 0 Å². The van der Waals surface area contributed by atoms with Gasteiger partial charge in [-0.1, -0.05) is 24.3 Å². The summed E-state index contributed by atoms with van der Waals surface area (Å²) in [5.41, 5.74) is 0.922. The van der Waals surface area contributed by atoms with Crippen LogP contribution in [0.2, 0.25) is 0 Å². The first-order valence-corrected chi connectivity index (χ1v) is 8.51. The molecule has 136 valence electrons. The van der Waals surface area contributed by atoms with Gasteiger partial charge in [0.15, 0.2) is 5.17 Å². The second-order valence-electron chi connectivity index (χ2n) is 5.54. The molecule has 27 heavy (non-hydrogen) atoms. The maximum atomic E-state index is 12.2. The lowest BCUT2D eigenvalue weighted by molar-refractivity contribution is -0.384. The van der Waals surface area contributed by atoms with Crippen molar-refractivity contribution >= 4 is 46.3 Å². The van der Waals surface area contributed by atoms with E-state index in [1.165, 1.54) is 35.2 Å². The maximum Gasteiger partial charge on any atom is 0.337 e. The standard InChI is InChI=1S/C18H13N3O5S/c1-20(14-8-3-2-7-13(14)17(23)24)18-19-16(22)15(27-18)10-11-5-4-6-12(9-11)21(25)26/h2-10H,1H3,(H,23,24)/b15-10-. The summed E-state index contributed by atoms with van der Waals surface area (Å²) in [4.78, 5) is 39.8. The van der Waals surface area contributed by atoms with E-state index in [9.17, 15) is 24.8 Å². The van der Waals surface area contributed by atoms with Crippen molar-refractivity contribution in [1.82, 2.24) is 0 Å². The number of amidine groups is 1. The number of carbonyl (C=O) groups is 2. The summed E-state index contributed by atoms with van der Waals surface area (Å²) in [6.45, 7) is 0. The Balaban J connectivity index is 1.87. The average molecular weight is 383 g/mol. The summed E-state index contributed by atoms with van der Waals surface area (Å²) in [7, 11) is 1.62. The first-order valence-electron chi connectivity index (χ1n) is 7.70. The third-order valence-corrected chi connectivity index (χ3v) is 4.83. The molecule has 0 saturated carbocycles. The molecule has 1 N–H and O–H groups in total. The number of carboxylic acid groups (broad SMARTS) is 1. The number of anilines is 1. The fraction of sp³-hybridized carbons (Fsp3) is 0.0556. The van der Waals surface area contributed by atoms with Gasteiger partial charge in [0, 0.05) is 19.2 Å². The quantitative estimate of drug-likeness (QED) is 0.489. The Bertz CT molecular complexity index is 1020. The minimum atomic E-state index is -1.08. The maximum absolute atomic E-state index is 12.2. The first-order chi connectivity index (χ1) is 12.9. The van der Waals surface area contributed by atoms with Crippen molar-refractivity contribution in [3.63, 3.8) is 0 Å². The lowest BCUT2D eigenvalue weighted by atomic mass is 10.1. The van der Waals surface area contributed by atoms with Crippen LogP contribution in [0, 0.1) is 10.1 Å². The molecule has 1 aliphatic rings. The van der Waals surface area contributed by atoms with Crippen LogP contribution < -0.4 is 4.90 Å². The molecule has 2 aromatic rings. The number of nitro groups is 1. The largest absolute Gasteiger partial charge is 0.478 e. The molecule has 1 amide bonds. The predicted octanol–water partition coefficient (Wildman–Crippen LogP) is 3.40. The highest BCUT2D eigenvalue weighted by Gasteiger charge is 2.27. The Labute approximate surface area is 158 Å². The SMILES string of the molecule is CN(C1=NC(=O)/C(=C/c2cccc([N+](=O)[O-])c2)S1)c1ccccc1C(=O)O. The Morgan fingerprint density at radius 3 is 2.70 bits per heavy atom. The van der Waals surface area contributed by atoms with Gasteiger partial charge in [0.25, 0.3) is 11.6 Å². The molecule has 9 heteroatoms. The van der Waals surface area contributed by atoms with Gasteiger partial charge in [-0.25, -0.2) is 4.79 Å². The van der Waals surface area contributed by atoms with E-state index in [1.54, 1.807) is 31.3 Å². The number of benzene rings is 2. The minimum Gasteiger partial charge on any atom is -0.478 e. The number of hydrogen-bond acceptors (Lipinski definition) is 6. The van der Waals surface area contributed by atoms with Gasteiger partial charge in [0.05, 0.1) is 21.1 Å². The fourth-order valence-electron chi connectivity index (χ4n) is 2.47. The monoisotopic (exact) mass is 383 g/mol. The Morgan fingerprint density at radius 1 is 1.26 bits per heavy atom. The lowest BCUT2D eigenvalue weighted by Gasteiger charge is -2.19. The topological polar surface area (TPSA) is 113 Å². The van der Waals surface area contributed by atoms with Crippen LogP contribution in [0.4, 0.5) is 11.4 Å². The first kappa shape index (κ1) is 18.3. The van der Waals surface area contributed by atoms with Crippen molar-refractivity contribution in [2.75, 3.05) is 11.9 Å². The van der Waals surface area contributed by atoms with Gasteiger partial charge in [-0.2, -0.15) is 4.99 Å². The molecule has 0 aromatic heterocycles. The van der Waals surface area contributed by atoms with E-state index >= 15 is 0 Å². The van der Waals surface area contributed by atoms with Crippen LogP contribution in [0.1, 0.15) is 15.9 Å². The Kier molecular flexibility index (Phi) is 5.04. The van der Waals surface area contributed by atoms with E-state index in [0.717, 1.165) is 11.8 Å². The van der Waals surface area contributed by atoms with E-state index in [4.69, 9.17) is 0 Å². The smallest absolute Gasteiger partial charge is 0.337 e. The molecular weight excluding hydrogens is 370 g/mol. The number of aliphatic imine (C=N–C) groups is 1. The summed E-state index contributed by atoms with van der Waals surface area (Å²) in [5.74, 6) is -1.57. The number of nitro benzene ring substituents is 1. The van der Waals surface area contributed by atoms with Crippen molar-refractivity contribution in [1.29, 1.82) is 0 Å². The molecule has 0 spiro atoms. The number of para-hydroxylation sites is 1. The summed E-state index contributed by atoms with van der Waals surface area (Å²) < 4.78 is 0. The van der Waals surface area contributed by atoms with Crippen LogP contribution in [-0.4, -0.2) is 34.1 Å². The predicted molar refractivity (Wildman–Crippen MR) is 103 cm³/mol. The molecular formula is C18H13N3O5S. The van der Waals surface area contributed by atoms with E-state index < -0.39 is 16.8 Å². The van der Waals surface area contributed by atoms with Crippen LogP contribution in [-0.2, 0) is 4.79 Å².